The van der Waals surface area contributed by atoms with Gasteiger partial charge in [0.15, 0.2) is 5.96 Å². The molecule has 0 saturated heterocycles. The van der Waals surface area contributed by atoms with E-state index in [9.17, 15) is 4.79 Å². The summed E-state index contributed by atoms with van der Waals surface area (Å²) in [6, 6.07) is 7.77. The zero-order valence-corrected chi connectivity index (χ0v) is 16.3. The summed E-state index contributed by atoms with van der Waals surface area (Å²) in [5.74, 6) is 1.40. The molecule has 0 bridgehead atoms. The third-order valence-electron chi connectivity index (χ3n) is 2.89. The number of nitrogens with zero attached hydrogens (tertiary/aromatic N) is 1. The molecule has 0 spiro atoms. The van der Waals surface area contributed by atoms with E-state index in [0.29, 0.717) is 19.0 Å². The topological polar surface area (TPSA) is 74.8 Å². The first-order valence-electron chi connectivity index (χ1n) is 7.61. The molecule has 6 nitrogen and oxygen atoms in total. The molecule has 1 aromatic carbocycles. The predicted octanol–water partition coefficient (Wildman–Crippen LogP) is 1.89. The molecule has 3 N–H and O–H groups in total. The summed E-state index contributed by atoms with van der Waals surface area (Å²) in [5, 5.41) is 8.96. The number of nitrogens with one attached hydrogen (secondary N) is 3. The number of ether oxygens (including phenoxy) is 1. The summed E-state index contributed by atoms with van der Waals surface area (Å²) >= 11 is 0. The Morgan fingerprint density at radius 2 is 2.00 bits per heavy atom. The normalized spacial score (nSPS) is 10.5. The lowest BCUT2D eigenvalue weighted by Crippen LogP contribution is -2.43. The molecule has 0 aliphatic rings. The molecule has 0 saturated carbocycles. The van der Waals surface area contributed by atoms with E-state index < -0.39 is 0 Å². The van der Waals surface area contributed by atoms with Crippen molar-refractivity contribution in [2.24, 2.45) is 4.99 Å². The third kappa shape index (κ3) is 9.27. The van der Waals surface area contributed by atoms with Crippen LogP contribution in [0.1, 0.15) is 25.8 Å². The highest BCUT2D eigenvalue weighted by molar-refractivity contribution is 14.0. The van der Waals surface area contributed by atoms with E-state index in [4.69, 9.17) is 4.74 Å². The molecule has 1 rings (SSSR count). The van der Waals surface area contributed by atoms with Gasteiger partial charge < -0.3 is 20.7 Å². The van der Waals surface area contributed by atoms with Crippen LogP contribution in [-0.4, -0.2) is 38.6 Å². The Balaban J connectivity index is 0.00000484. The number of amides is 1. The van der Waals surface area contributed by atoms with Crippen LogP contribution in [-0.2, 0) is 11.3 Å². The van der Waals surface area contributed by atoms with Crippen molar-refractivity contribution in [3.05, 3.63) is 29.8 Å². The highest BCUT2D eigenvalue weighted by Crippen LogP contribution is 2.12. The summed E-state index contributed by atoms with van der Waals surface area (Å²) < 4.78 is 5.19. The minimum atomic E-state index is -0.0335. The van der Waals surface area contributed by atoms with Crippen molar-refractivity contribution < 1.29 is 9.53 Å². The first kappa shape index (κ1) is 21.5. The standard InChI is InChI=1S/C16H26N4O2.HI/c1-4-9-18-15(21)12-20-16(17-5-2)19-11-13-7-6-8-14(10-13)22-3;/h6-8,10H,4-5,9,11-12H2,1-3H3,(H,18,21)(H2,17,19,20);1H. The summed E-state index contributed by atoms with van der Waals surface area (Å²) in [6.45, 7) is 6.17. The fourth-order valence-corrected chi connectivity index (χ4v) is 1.77. The van der Waals surface area contributed by atoms with Crippen molar-refractivity contribution >= 4 is 35.8 Å². The quantitative estimate of drug-likeness (QED) is 0.332. The molecule has 0 radical (unpaired) electrons. The maximum atomic E-state index is 11.6. The van der Waals surface area contributed by atoms with E-state index in [2.05, 4.69) is 20.9 Å². The fraction of sp³-hybridized carbons (Fsp3) is 0.500. The molecule has 130 valence electrons. The summed E-state index contributed by atoms with van der Waals surface area (Å²) in [6.07, 6.45) is 0.926. The number of guanidine groups is 1. The Bertz CT molecular complexity index is 495. The van der Waals surface area contributed by atoms with E-state index in [1.54, 1.807) is 7.11 Å². The summed E-state index contributed by atoms with van der Waals surface area (Å²) in [4.78, 5) is 16.1. The van der Waals surface area contributed by atoms with Crippen LogP contribution < -0.4 is 20.7 Å². The average molecular weight is 434 g/mol. The van der Waals surface area contributed by atoms with E-state index in [1.165, 1.54) is 0 Å². The predicted molar refractivity (Wildman–Crippen MR) is 105 cm³/mol. The molecule has 23 heavy (non-hydrogen) atoms. The molecule has 0 atom stereocenters. The second kappa shape index (κ2) is 13.0. The third-order valence-corrected chi connectivity index (χ3v) is 2.89. The van der Waals surface area contributed by atoms with Gasteiger partial charge in [0.05, 0.1) is 20.2 Å². The number of aliphatic imine (C=N–C) groups is 1. The SMILES string of the molecule is CCCNC(=O)CNC(=NCc1cccc(OC)c1)NCC.I. The van der Waals surface area contributed by atoms with Crippen molar-refractivity contribution in [1.29, 1.82) is 0 Å². The summed E-state index contributed by atoms with van der Waals surface area (Å²) in [5.41, 5.74) is 1.05. The number of halogens is 1. The van der Waals surface area contributed by atoms with Gasteiger partial charge in [0, 0.05) is 13.1 Å². The largest absolute Gasteiger partial charge is 0.497 e. The van der Waals surface area contributed by atoms with Crippen LogP contribution in [0, 0.1) is 0 Å². The minimum absolute atomic E-state index is 0. The molecule has 0 aromatic heterocycles. The lowest BCUT2D eigenvalue weighted by atomic mass is 10.2. The molecule has 0 aliphatic heterocycles. The number of carbonyl (C=O) groups is 1. The minimum Gasteiger partial charge on any atom is -0.497 e. The molecule has 7 heteroatoms. The Labute approximate surface area is 155 Å². The van der Waals surface area contributed by atoms with Gasteiger partial charge in [-0.1, -0.05) is 19.1 Å². The van der Waals surface area contributed by atoms with Crippen molar-refractivity contribution in [3.63, 3.8) is 0 Å². The van der Waals surface area contributed by atoms with Crippen LogP contribution in [0.3, 0.4) is 0 Å². The van der Waals surface area contributed by atoms with Crippen molar-refractivity contribution in [1.82, 2.24) is 16.0 Å². The lowest BCUT2D eigenvalue weighted by molar-refractivity contribution is -0.120. The van der Waals surface area contributed by atoms with Gasteiger partial charge in [-0.15, -0.1) is 24.0 Å². The van der Waals surface area contributed by atoms with Crippen LogP contribution in [0.4, 0.5) is 0 Å². The Morgan fingerprint density at radius 1 is 1.22 bits per heavy atom. The van der Waals surface area contributed by atoms with Gasteiger partial charge in [-0.25, -0.2) is 4.99 Å². The molecular weight excluding hydrogens is 407 g/mol. The highest BCUT2D eigenvalue weighted by Gasteiger charge is 2.03. The van der Waals surface area contributed by atoms with Crippen LogP contribution in [0.15, 0.2) is 29.3 Å². The number of hydrogen-bond acceptors (Lipinski definition) is 3. The molecule has 1 amide bonds. The fourth-order valence-electron chi connectivity index (χ4n) is 1.77. The summed E-state index contributed by atoms with van der Waals surface area (Å²) in [7, 11) is 1.64. The van der Waals surface area contributed by atoms with E-state index in [0.717, 1.165) is 24.3 Å². The molecular formula is C16H27IN4O2. The van der Waals surface area contributed by atoms with Crippen molar-refractivity contribution in [2.45, 2.75) is 26.8 Å². The highest BCUT2D eigenvalue weighted by atomic mass is 127. The van der Waals surface area contributed by atoms with Gasteiger partial charge >= 0.3 is 0 Å². The zero-order chi connectivity index (χ0) is 16.2. The number of benzene rings is 1. The lowest BCUT2D eigenvalue weighted by Gasteiger charge is -2.11. The van der Waals surface area contributed by atoms with Gasteiger partial charge in [-0.3, -0.25) is 4.79 Å². The van der Waals surface area contributed by atoms with Crippen LogP contribution >= 0.6 is 24.0 Å². The molecule has 0 heterocycles. The van der Waals surface area contributed by atoms with E-state index >= 15 is 0 Å². The Morgan fingerprint density at radius 3 is 2.65 bits per heavy atom. The van der Waals surface area contributed by atoms with Gasteiger partial charge in [-0.2, -0.15) is 0 Å². The molecule has 0 unspecified atom stereocenters. The zero-order valence-electron chi connectivity index (χ0n) is 14.0. The number of carbonyl (C=O) groups excluding carboxylic acids is 1. The first-order valence-corrected chi connectivity index (χ1v) is 7.61. The molecule has 0 fully saturated rings. The van der Waals surface area contributed by atoms with Gasteiger partial charge in [0.25, 0.3) is 0 Å². The molecule has 1 aromatic rings. The Kier molecular flexibility index (Phi) is 12.1. The van der Waals surface area contributed by atoms with Gasteiger partial charge in [0.1, 0.15) is 5.75 Å². The second-order valence-electron chi connectivity index (χ2n) is 4.75. The molecule has 0 aliphatic carbocycles. The van der Waals surface area contributed by atoms with Crippen LogP contribution in [0.2, 0.25) is 0 Å². The van der Waals surface area contributed by atoms with Gasteiger partial charge in [0.2, 0.25) is 5.91 Å². The van der Waals surface area contributed by atoms with E-state index in [-0.39, 0.29) is 36.4 Å². The number of hydrogen-bond donors (Lipinski definition) is 3. The number of methoxy groups -OCH3 is 1. The van der Waals surface area contributed by atoms with Crippen LogP contribution in [0.25, 0.3) is 0 Å². The van der Waals surface area contributed by atoms with Crippen molar-refractivity contribution in [3.8, 4) is 5.75 Å². The van der Waals surface area contributed by atoms with Gasteiger partial charge in [-0.05, 0) is 31.0 Å². The average Bonchev–Trinajstić information content (AvgIpc) is 2.55. The van der Waals surface area contributed by atoms with E-state index in [1.807, 2.05) is 38.1 Å². The monoisotopic (exact) mass is 434 g/mol. The maximum absolute atomic E-state index is 11.6. The van der Waals surface area contributed by atoms with Crippen LogP contribution in [0.5, 0.6) is 5.75 Å². The number of rotatable bonds is 8. The first-order chi connectivity index (χ1) is 10.7. The second-order valence-corrected chi connectivity index (χ2v) is 4.75. The van der Waals surface area contributed by atoms with Crippen molar-refractivity contribution in [2.75, 3.05) is 26.7 Å². The maximum Gasteiger partial charge on any atom is 0.239 e. The smallest absolute Gasteiger partial charge is 0.239 e. The Hall–Kier alpha value is -1.51.